The molecular formula is C35H42N2O8. The Morgan fingerprint density at radius 2 is 1.49 bits per heavy atom. The summed E-state index contributed by atoms with van der Waals surface area (Å²) in [6, 6.07) is 15.2. The van der Waals surface area contributed by atoms with Crippen molar-refractivity contribution in [1.29, 1.82) is 0 Å². The number of aliphatic hydroxyl groups excluding tert-OH is 1. The molecule has 0 amide bonds. The van der Waals surface area contributed by atoms with Crippen molar-refractivity contribution >= 4 is 28.7 Å². The van der Waals surface area contributed by atoms with Gasteiger partial charge in [0.05, 0.1) is 65.0 Å². The molecule has 1 fully saturated rings. The quantitative estimate of drug-likeness (QED) is 0.435. The summed E-state index contributed by atoms with van der Waals surface area (Å²) in [5.41, 5.74) is 4.33. The first kappa shape index (κ1) is 32.4. The van der Waals surface area contributed by atoms with Crippen LogP contribution < -0.4 is 9.80 Å². The molecule has 1 N–H and O–H groups in total. The first-order valence-electron chi connectivity index (χ1n) is 15.5. The van der Waals surface area contributed by atoms with E-state index in [2.05, 4.69) is 4.90 Å². The van der Waals surface area contributed by atoms with Crippen molar-refractivity contribution < 1.29 is 38.4 Å². The first-order valence-corrected chi connectivity index (χ1v) is 15.5. The highest BCUT2D eigenvalue weighted by molar-refractivity contribution is 6.31. The second kappa shape index (κ2) is 16.4. The van der Waals surface area contributed by atoms with Crippen LogP contribution in [0.2, 0.25) is 0 Å². The van der Waals surface area contributed by atoms with E-state index in [9.17, 15) is 14.7 Å². The zero-order chi connectivity index (χ0) is 31.4. The summed E-state index contributed by atoms with van der Waals surface area (Å²) in [6.45, 7) is 6.44. The number of ketones is 1. The van der Waals surface area contributed by atoms with Crippen LogP contribution in [0.3, 0.4) is 0 Å². The number of hydrogen-bond donors (Lipinski definition) is 1. The maximum absolute atomic E-state index is 13.2. The van der Waals surface area contributed by atoms with E-state index < -0.39 is 5.92 Å². The highest BCUT2D eigenvalue weighted by Gasteiger charge is 2.41. The Bertz CT molecular complexity index is 1370. The minimum absolute atomic E-state index is 0.0805. The lowest BCUT2D eigenvalue weighted by atomic mass is 9.75. The Hall–Kier alpha value is -3.96. The smallest absolute Gasteiger partial charge is 0.334 e. The van der Waals surface area contributed by atoms with Crippen LogP contribution in [0.4, 0.5) is 11.4 Å². The molecule has 0 bridgehead atoms. The number of rotatable bonds is 8. The van der Waals surface area contributed by atoms with Crippen molar-refractivity contribution in [1.82, 2.24) is 0 Å². The van der Waals surface area contributed by atoms with Crippen LogP contribution in [0.5, 0.6) is 0 Å². The second-order valence-electron chi connectivity index (χ2n) is 11.0. The van der Waals surface area contributed by atoms with Gasteiger partial charge in [-0.25, -0.2) is 4.79 Å². The number of aliphatic hydroxyl groups is 1. The Kier molecular flexibility index (Phi) is 11.8. The number of allylic oxidation sites excluding steroid dienone is 5. The van der Waals surface area contributed by atoms with Crippen LogP contribution >= 0.6 is 0 Å². The van der Waals surface area contributed by atoms with Gasteiger partial charge in [0, 0.05) is 37.1 Å². The number of nitrogens with zero attached hydrogens (tertiary/aromatic N) is 2. The van der Waals surface area contributed by atoms with Gasteiger partial charge >= 0.3 is 5.97 Å². The van der Waals surface area contributed by atoms with Gasteiger partial charge in [0.25, 0.3) is 0 Å². The van der Waals surface area contributed by atoms with Crippen LogP contribution in [0.1, 0.15) is 23.5 Å². The van der Waals surface area contributed by atoms with Crippen molar-refractivity contribution in [3.05, 3.63) is 89.2 Å². The summed E-state index contributed by atoms with van der Waals surface area (Å²) in [7, 11) is 1.91. The molecule has 3 aliphatic rings. The third kappa shape index (κ3) is 8.61. The molecule has 45 heavy (non-hydrogen) atoms. The van der Waals surface area contributed by atoms with Gasteiger partial charge in [-0.15, -0.1) is 0 Å². The fourth-order valence-electron chi connectivity index (χ4n) is 5.40. The average molecular weight is 619 g/mol. The molecule has 1 aliphatic heterocycles. The van der Waals surface area contributed by atoms with Crippen LogP contribution in [0.25, 0.3) is 5.57 Å². The molecule has 2 aromatic rings. The van der Waals surface area contributed by atoms with Crippen molar-refractivity contribution in [3.8, 4) is 0 Å². The summed E-state index contributed by atoms with van der Waals surface area (Å²) in [5.74, 6) is -0.989. The number of hydrogen-bond acceptors (Lipinski definition) is 10. The maximum Gasteiger partial charge on any atom is 0.334 e. The van der Waals surface area contributed by atoms with Gasteiger partial charge in [0.1, 0.15) is 18.3 Å². The lowest BCUT2D eigenvalue weighted by Gasteiger charge is -2.30. The number of likely N-dealkylation sites (N-methyl/N-ethyl adjacent to an activating group) is 1. The standard InChI is InChI=1S/C35H42N2O8/c1-36(14-19-45-35(40)28-4-2-3-5-28)29-10-6-26(7-11-29)31-33(38)32(34(31)39)27-8-12-30(13-9-27)37-15-17-41-20-22-43-24-25-44-23-21-42-18-16-37/h2-4,6-13,32,38H,5,14-25H2,1H3. The minimum Gasteiger partial charge on any atom is -0.510 e. The molecule has 2 aromatic carbocycles. The van der Waals surface area contributed by atoms with Crippen LogP contribution in [-0.4, -0.2) is 103 Å². The molecule has 1 atom stereocenters. The molecule has 0 radical (unpaired) electrons. The summed E-state index contributed by atoms with van der Waals surface area (Å²) < 4.78 is 27.9. The van der Waals surface area contributed by atoms with E-state index in [0.29, 0.717) is 95.6 Å². The third-order valence-electron chi connectivity index (χ3n) is 8.05. The molecule has 1 heterocycles. The van der Waals surface area contributed by atoms with Crippen LogP contribution in [-0.2, 0) is 33.3 Å². The van der Waals surface area contributed by atoms with E-state index >= 15 is 0 Å². The fourth-order valence-corrected chi connectivity index (χ4v) is 5.40. The van der Waals surface area contributed by atoms with Crippen molar-refractivity contribution in [2.45, 2.75) is 12.3 Å². The van der Waals surface area contributed by atoms with Gasteiger partial charge in [-0.2, -0.15) is 0 Å². The van der Waals surface area contributed by atoms with Gasteiger partial charge < -0.3 is 38.6 Å². The zero-order valence-electron chi connectivity index (χ0n) is 25.8. The molecule has 10 nitrogen and oxygen atoms in total. The molecule has 0 aromatic heterocycles. The molecular weight excluding hydrogens is 576 g/mol. The Morgan fingerprint density at radius 1 is 0.889 bits per heavy atom. The van der Waals surface area contributed by atoms with Gasteiger partial charge in [-0.3, -0.25) is 4.79 Å². The summed E-state index contributed by atoms with van der Waals surface area (Å²) in [5, 5.41) is 11.0. The highest BCUT2D eigenvalue weighted by atomic mass is 16.6. The number of Topliss-reactive ketones (excluding diaryl/α,β-unsaturated/α-hetero) is 1. The topological polar surface area (TPSA) is 107 Å². The fraction of sp³-hybridized carbons (Fsp3) is 0.429. The summed E-state index contributed by atoms with van der Waals surface area (Å²) >= 11 is 0. The SMILES string of the molecule is CN(CCOC(=O)C1=CC=CC1)c1ccc(C2=C(O)C(c3ccc(N4CCOCCOCCOCCOCC4)cc3)C2=O)cc1. The predicted molar refractivity (Wildman–Crippen MR) is 172 cm³/mol. The molecule has 0 spiro atoms. The number of anilines is 2. The largest absolute Gasteiger partial charge is 0.510 e. The van der Waals surface area contributed by atoms with Crippen LogP contribution in [0, 0.1) is 0 Å². The van der Waals surface area contributed by atoms with Crippen molar-refractivity contribution in [2.75, 3.05) is 95.9 Å². The summed E-state index contributed by atoms with van der Waals surface area (Å²) in [4.78, 5) is 29.5. The van der Waals surface area contributed by atoms with Gasteiger partial charge in [-0.05, 0) is 41.8 Å². The second-order valence-corrected chi connectivity index (χ2v) is 11.0. The van der Waals surface area contributed by atoms with E-state index in [1.54, 1.807) is 6.08 Å². The number of carbonyl (C=O) groups excluding carboxylic acids is 2. The number of ether oxygens (including phenoxy) is 5. The number of esters is 1. The Balaban J connectivity index is 1.16. The maximum atomic E-state index is 13.2. The van der Waals surface area contributed by atoms with E-state index in [1.807, 2.05) is 72.6 Å². The Labute approximate surface area is 264 Å². The van der Waals surface area contributed by atoms with E-state index in [1.165, 1.54) is 0 Å². The lowest BCUT2D eigenvalue weighted by Crippen LogP contribution is -2.32. The molecule has 2 aliphatic carbocycles. The molecule has 5 rings (SSSR count). The molecule has 1 unspecified atom stereocenters. The minimum atomic E-state index is -0.675. The zero-order valence-corrected chi connectivity index (χ0v) is 25.8. The Morgan fingerprint density at radius 3 is 2.04 bits per heavy atom. The average Bonchev–Trinajstić information content (AvgIpc) is 3.59. The van der Waals surface area contributed by atoms with E-state index in [0.717, 1.165) is 16.9 Å². The lowest BCUT2D eigenvalue weighted by molar-refractivity contribution is -0.138. The normalized spacial score (nSPS) is 20.2. The van der Waals surface area contributed by atoms with Gasteiger partial charge in [-0.1, -0.05) is 42.5 Å². The predicted octanol–water partition coefficient (Wildman–Crippen LogP) is 4.07. The van der Waals surface area contributed by atoms with Gasteiger partial charge in [0.2, 0.25) is 0 Å². The molecule has 240 valence electrons. The van der Waals surface area contributed by atoms with Crippen molar-refractivity contribution in [3.63, 3.8) is 0 Å². The highest BCUT2D eigenvalue weighted by Crippen LogP contribution is 2.43. The van der Waals surface area contributed by atoms with E-state index in [-0.39, 0.29) is 24.1 Å². The monoisotopic (exact) mass is 618 g/mol. The summed E-state index contributed by atoms with van der Waals surface area (Å²) in [6.07, 6.45) is 6.17. The number of benzene rings is 2. The van der Waals surface area contributed by atoms with E-state index in [4.69, 9.17) is 23.7 Å². The molecule has 1 saturated heterocycles. The molecule has 10 heteroatoms. The van der Waals surface area contributed by atoms with Gasteiger partial charge in [0.15, 0.2) is 5.78 Å². The third-order valence-corrected chi connectivity index (χ3v) is 8.05. The number of carbonyl (C=O) groups is 2. The molecule has 0 saturated carbocycles. The van der Waals surface area contributed by atoms with Crippen LogP contribution in [0.15, 0.2) is 78.1 Å². The van der Waals surface area contributed by atoms with Crippen molar-refractivity contribution in [2.24, 2.45) is 0 Å². The first-order chi connectivity index (χ1) is 22.0.